The minimum Gasteiger partial charge on any atom is -0.368 e. The molecule has 0 amide bonds. The Morgan fingerprint density at radius 3 is 2.60 bits per heavy atom. The number of hydrogen-bond acceptors (Lipinski definition) is 3. The van der Waals surface area contributed by atoms with Crippen LogP contribution in [0.15, 0.2) is 24.3 Å². The second-order valence-electron chi connectivity index (χ2n) is 5.89. The summed E-state index contributed by atoms with van der Waals surface area (Å²) >= 11 is 6.28. The summed E-state index contributed by atoms with van der Waals surface area (Å²) in [5.41, 5.74) is 1.18. The molecule has 1 aromatic carbocycles. The zero-order chi connectivity index (χ0) is 13.8. The van der Waals surface area contributed by atoms with Crippen LogP contribution in [0.5, 0.6) is 0 Å². The third kappa shape index (κ3) is 3.46. The fourth-order valence-electron chi connectivity index (χ4n) is 3.27. The largest absolute Gasteiger partial charge is 0.368 e. The van der Waals surface area contributed by atoms with Gasteiger partial charge in [0.25, 0.3) is 0 Å². The predicted octanol–water partition coefficient (Wildman–Crippen LogP) is 2.60. The average Bonchev–Trinajstić information content (AvgIpc) is 2.50. The fraction of sp³-hybridized carbons (Fsp3) is 0.625. The highest BCUT2D eigenvalue weighted by Crippen LogP contribution is 2.26. The van der Waals surface area contributed by atoms with E-state index >= 15 is 0 Å². The molecule has 2 aliphatic heterocycles. The zero-order valence-corrected chi connectivity index (χ0v) is 12.8. The van der Waals surface area contributed by atoms with E-state index < -0.39 is 0 Å². The van der Waals surface area contributed by atoms with Gasteiger partial charge in [0.1, 0.15) is 0 Å². The highest BCUT2D eigenvalue weighted by Gasteiger charge is 2.22. The van der Waals surface area contributed by atoms with Gasteiger partial charge in [-0.2, -0.15) is 0 Å². The lowest BCUT2D eigenvalue weighted by Crippen LogP contribution is -2.51. The first-order valence-electron chi connectivity index (χ1n) is 7.78. The van der Waals surface area contributed by atoms with Crippen molar-refractivity contribution in [2.45, 2.75) is 25.3 Å². The van der Waals surface area contributed by atoms with E-state index in [1.807, 2.05) is 12.1 Å². The van der Waals surface area contributed by atoms with E-state index in [1.54, 1.807) is 0 Å². The Balaban J connectivity index is 1.50. The molecule has 110 valence electrons. The lowest BCUT2D eigenvalue weighted by atomic mass is 10.0. The van der Waals surface area contributed by atoms with Gasteiger partial charge in [0.15, 0.2) is 0 Å². The number of benzene rings is 1. The van der Waals surface area contributed by atoms with Gasteiger partial charge in [0, 0.05) is 38.8 Å². The molecule has 0 spiro atoms. The van der Waals surface area contributed by atoms with Crippen molar-refractivity contribution in [3.63, 3.8) is 0 Å². The Hall–Kier alpha value is -0.770. The summed E-state index contributed by atoms with van der Waals surface area (Å²) in [6.07, 6.45) is 4.07. The summed E-state index contributed by atoms with van der Waals surface area (Å²) in [5.74, 6) is 0. The van der Waals surface area contributed by atoms with Crippen LogP contribution in [0, 0.1) is 0 Å². The van der Waals surface area contributed by atoms with Gasteiger partial charge in [-0.05, 0) is 31.5 Å². The van der Waals surface area contributed by atoms with Crippen molar-refractivity contribution in [2.24, 2.45) is 0 Å². The van der Waals surface area contributed by atoms with E-state index in [2.05, 4.69) is 27.2 Å². The van der Waals surface area contributed by atoms with Crippen molar-refractivity contribution in [2.75, 3.05) is 44.2 Å². The van der Waals surface area contributed by atoms with Gasteiger partial charge in [-0.15, -0.1) is 0 Å². The van der Waals surface area contributed by atoms with Crippen LogP contribution in [-0.2, 0) is 0 Å². The number of hydrogen-bond donors (Lipinski definition) is 1. The Morgan fingerprint density at radius 2 is 1.90 bits per heavy atom. The fourth-order valence-corrected chi connectivity index (χ4v) is 3.53. The molecule has 3 nitrogen and oxygen atoms in total. The summed E-state index contributed by atoms with van der Waals surface area (Å²) < 4.78 is 0. The second kappa shape index (κ2) is 6.79. The van der Waals surface area contributed by atoms with Crippen molar-refractivity contribution in [1.82, 2.24) is 10.2 Å². The number of nitrogens with one attached hydrogen (secondary N) is 1. The van der Waals surface area contributed by atoms with E-state index in [0.29, 0.717) is 6.04 Å². The van der Waals surface area contributed by atoms with Crippen molar-refractivity contribution >= 4 is 17.3 Å². The van der Waals surface area contributed by atoms with Gasteiger partial charge >= 0.3 is 0 Å². The highest BCUT2D eigenvalue weighted by atomic mass is 35.5. The highest BCUT2D eigenvalue weighted by molar-refractivity contribution is 6.33. The second-order valence-corrected chi connectivity index (χ2v) is 6.29. The Labute approximate surface area is 126 Å². The van der Waals surface area contributed by atoms with Gasteiger partial charge in [0.05, 0.1) is 10.7 Å². The quantitative estimate of drug-likeness (QED) is 0.924. The van der Waals surface area contributed by atoms with E-state index in [4.69, 9.17) is 11.6 Å². The molecule has 0 aliphatic carbocycles. The maximum absolute atomic E-state index is 6.28. The molecule has 2 heterocycles. The summed E-state index contributed by atoms with van der Waals surface area (Å²) in [5, 5.41) is 4.51. The van der Waals surface area contributed by atoms with Crippen LogP contribution in [-0.4, -0.2) is 50.2 Å². The van der Waals surface area contributed by atoms with Crippen molar-refractivity contribution in [3.05, 3.63) is 29.3 Å². The molecule has 0 aromatic heterocycles. The molecule has 20 heavy (non-hydrogen) atoms. The van der Waals surface area contributed by atoms with Crippen LogP contribution >= 0.6 is 11.6 Å². The smallest absolute Gasteiger partial charge is 0.0639 e. The van der Waals surface area contributed by atoms with Gasteiger partial charge in [0.2, 0.25) is 0 Å². The van der Waals surface area contributed by atoms with Gasteiger partial charge < -0.3 is 10.2 Å². The Kier molecular flexibility index (Phi) is 4.81. The van der Waals surface area contributed by atoms with Crippen molar-refractivity contribution in [3.8, 4) is 0 Å². The number of nitrogens with zero attached hydrogens (tertiary/aromatic N) is 2. The molecule has 2 fully saturated rings. The summed E-state index contributed by atoms with van der Waals surface area (Å²) in [6.45, 7) is 6.85. The molecule has 4 heteroatoms. The number of anilines is 1. The Morgan fingerprint density at radius 1 is 1.10 bits per heavy atom. The van der Waals surface area contributed by atoms with E-state index in [0.717, 1.165) is 31.2 Å². The summed E-state index contributed by atoms with van der Waals surface area (Å²) in [6, 6.07) is 8.88. The molecule has 2 saturated heterocycles. The van der Waals surface area contributed by atoms with Crippen molar-refractivity contribution < 1.29 is 0 Å². The van der Waals surface area contributed by atoms with Crippen LogP contribution in [0.4, 0.5) is 5.69 Å². The summed E-state index contributed by atoms with van der Waals surface area (Å²) in [4.78, 5) is 5.00. The maximum atomic E-state index is 6.28. The standard InChI is InChI=1S/C16H24ClN3/c17-15-6-1-2-7-16(15)20-11-9-19(10-12-20)13-14-5-3-4-8-18-14/h1-2,6-7,14,18H,3-5,8-13H2. The number of piperidine rings is 1. The zero-order valence-electron chi connectivity index (χ0n) is 12.0. The monoisotopic (exact) mass is 293 g/mol. The summed E-state index contributed by atoms with van der Waals surface area (Å²) in [7, 11) is 0. The van der Waals surface area contributed by atoms with E-state index in [-0.39, 0.29) is 0 Å². The molecular formula is C16H24ClN3. The third-order valence-electron chi connectivity index (χ3n) is 4.46. The Bertz CT molecular complexity index is 423. The molecule has 1 atom stereocenters. The van der Waals surface area contributed by atoms with Crippen LogP contribution < -0.4 is 10.2 Å². The van der Waals surface area contributed by atoms with Gasteiger partial charge in [-0.3, -0.25) is 4.90 Å². The lowest BCUT2D eigenvalue weighted by Gasteiger charge is -2.38. The molecule has 1 unspecified atom stereocenters. The van der Waals surface area contributed by atoms with Gasteiger partial charge in [-0.1, -0.05) is 30.2 Å². The number of rotatable bonds is 3. The molecule has 0 saturated carbocycles. The van der Waals surface area contributed by atoms with Gasteiger partial charge in [-0.25, -0.2) is 0 Å². The third-order valence-corrected chi connectivity index (χ3v) is 4.78. The van der Waals surface area contributed by atoms with Crippen molar-refractivity contribution in [1.29, 1.82) is 0 Å². The molecular weight excluding hydrogens is 270 g/mol. The number of para-hydroxylation sites is 1. The SMILES string of the molecule is Clc1ccccc1N1CCN(CC2CCCCN2)CC1. The van der Waals surface area contributed by atoms with Crippen LogP contribution in [0.1, 0.15) is 19.3 Å². The lowest BCUT2D eigenvalue weighted by molar-refractivity contribution is 0.214. The molecule has 1 N–H and O–H groups in total. The normalized spacial score (nSPS) is 24.9. The minimum absolute atomic E-state index is 0.704. The molecule has 0 bridgehead atoms. The number of piperazine rings is 1. The topological polar surface area (TPSA) is 18.5 Å². The molecule has 1 aromatic rings. The van der Waals surface area contributed by atoms with E-state index in [9.17, 15) is 0 Å². The first-order valence-corrected chi connectivity index (χ1v) is 8.16. The average molecular weight is 294 g/mol. The molecule has 0 radical (unpaired) electrons. The first-order chi connectivity index (χ1) is 9.83. The minimum atomic E-state index is 0.704. The predicted molar refractivity (Wildman–Crippen MR) is 85.7 cm³/mol. The molecule has 3 rings (SSSR count). The van der Waals surface area contributed by atoms with Crippen LogP contribution in [0.25, 0.3) is 0 Å². The maximum Gasteiger partial charge on any atom is 0.0639 e. The number of halogens is 1. The molecule has 2 aliphatic rings. The van der Waals surface area contributed by atoms with Crippen LogP contribution in [0.3, 0.4) is 0 Å². The first kappa shape index (κ1) is 14.2. The van der Waals surface area contributed by atoms with E-state index in [1.165, 1.54) is 38.0 Å². The van der Waals surface area contributed by atoms with Crippen LogP contribution in [0.2, 0.25) is 5.02 Å².